The van der Waals surface area contributed by atoms with Gasteiger partial charge in [0.2, 0.25) is 41.4 Å². The SMILES string of the molecule is CC(C)[C@H](NC(=O)[C@H](CS)NC(=O)[C@H](Cc1c[nH]c2ccccc12)NC(=O)[C@H](CCCCN)NC(=O)[C@H](Cc1cnc[nH]1)NC(=O)[C@@H](N)CS)C(=O)N[C@@H](CCCN=C(N)N)C(=O)N[C@@H](Cc1c[nH]c2ccccc12)C(=O)O. The molecule has 78 heavy (non-hydrogen) atoms. The predicted molar refractivity (Wildman–Crippen MR) is 301 cm³/mol. The van der Waals surface area contributed by atoms with Gasteiger partial charge in [-0.25, -0.2) is 9.78 Å². The summed E-state index contributed by atoms with van der Waals surface area (Å²) in [6.45, 7) is 3.66. The third kappa shape index (κ3) is 18.0. The van der Waals surface area contributed by atoms with Crippen LogP contribution < -0.4 is 60.2 Å². The van der Waals surface area contributed by atoms with E-state index >= 15 is 0 Å². The topological polar surface area (TPSA) is 418 Å². The molecule has 0 unspecified atom stereocenters. The number of aromatic amines is 3. The van der Waals surface area contributed by atoms with Gasteiger partial charge < -0.3 is 80.2 Å². The Bertz CT molecular complexity index is 2850. The summed E-state index contributed by atoms with van der Waals surface area (Å²) in [7, 11) is 0. The van der Waals surface area contributed by atoms with Gasteiger partial charge in [0.1, 0.15) is 42.3 Å². The minimum absolute atomic E-state index is 0.00575. The number of carbonyl (C=O) groups excluding carboxylic acids is 7. The van der Waals surface area contributed by atoms with Crippen molar-refractivity contribution in [3.05, 3.63) is 90.3 Å². The van der Waals surface area contributed by atoms with Crippen LogP contribution in [0.5, 0.6) is 0 Å². The third-order valence-electron chi connectivity index (χ3n) is 12.8. The Morgan fingerprint density at radius 2 is 1.09 bits per heavy atom. The molecule has 0 aliphatic rings. The number of aliphatic carboxylic acids is 1. The molecule has 0 bridgehead atoms. The van der Waals surface area contributed by atoms with E-state index in [1.54, 1.807) is 38.4 Å². The van der Waals surface area contributed by atoms with Crippen molar-refractivity contribution in [3.8, 4) is 0 Å². The number of carboxylic acid groups (broad SMARTS) is 1. The molecule has 0 aliphatic heterocycles. The molecule has 25 nitrogen and oxygen atoms in total. The maximum atomic E-state index is 14.5. The van der Waals surface area contributed by atoms with Gasteiger partial charge in [0, 0.05) is 83.4 Å². The van der Waals surface area contributed by atoms with Gasteiger partial charge in [0.15, 0.2) is 5.96 Å². The standard InChI is InChI=1S/C51H72N16O9S2/c1-27(2)42(49(74)62-37(15-9-17-57-51(54)55)45(70)65-40(50(75)76)19-29-22-59-35-13-6-4-11-32(29)35)67-48(73)41(25-78)66-46(71)38(18-28-21-58-34-12-5-3-10-31(28)34)64-44(69)36(14-7-8-16-52)61-47(72)39(20-30-23-56-26-60-30)63-43(68)33(53)24-77/h3-6,10-13,21-23,26-27,33,36-42,58-59,77-78H,7-9,14-20,24-25,52-53H2,1-2H3,(H,56,60)(H,61,72)(H,62,74)(H,63,68)(H,64,69)(H,65,70)(H,66,71)(H,67,73)(H,75,76)(H4,54,55,57)/t33-,36-,37-,38-,39-,40-,41-,42-/m0/s1. The molecular formula is C51H72N16O9S2. The van der Waals surface area contributed by atoms with Crippen molar-refractivity contribution in [2.75, 3.05) is 24.6 Å². The van der Waals surface area contributed by atoms with Gasteiger partial charge in [-0.15, -0.1) is 0 Å². The zero-order valence-corrected chi connectivity index (χ0v) is 45.2. The van der Waals surface area contributed by atoms with E-state index in [1.165, 1.54) is 12.5 Å². The first-order valence-corrected chi connectivity index (χ1v) is 26.8. The molecule has 2 aromatic carbocycles. The van der Waals surface area contributed by atoms with Crippen molar-refractivity contribution in [1.82, 2.24) is 57.2 Å². The smallest absolute Gasteiger partial charge is 0.326 e. The molecule has 0 aliphatic carbocycles. The number of rotatable bonds is 32. The van der Waals surface area contributed by atoms with Crippen LogP contribution in [0.15, 0.2) is 78.4 Å². The molecule has 3 heterocycles. The summed E-state index contributed by atoms with van der Waals surface area (Å²) in [6.07, 6.45) is 7.14. The molecular weight excluding hydrogens is 1040 g/mol. The van der Waals surface area contributed by atoms with Crippen molar-refractivity contribution in [1.29, 1.82) is 0 Å². The number of aromatic nitrogens is 4. The summed E-state index contributed by atoms with van der Waals surface area (Å²) >= 11 is 8.48. The molecule has 0 spiro atoms. The highest BCUT2D eigenvalue weighted by molar-refractivity contribution is 7.80. The number of hydrogen-bond acceptors (Lipinski definition) is 14. The van der Waals surface area contributed by atoms with Crippen LogP contribution in [0.4, 0.5) is 0 Å². The Kier molecular flexibility index (Phi) is 23.8. The van der Waals surface area contributed by atoms with E-state index in [4.69, 9.17) is 22.9 Å². The Hall–Kier alpha value is -7.62. The first kappa shape index (κ1) is 61.2. The second-order valence-corrected chi connectivity index (χ2v) is 19.8. The average Bonchev–Trinajstić information content (AvgIpc) is 4.20. The van der Waals surface area contributed by atoms with Gasteiger partial charge >= 0.3 is 5.97 Å². The molecule has 0 saturated carbocycles. The van der Waals surface area contributed by atoms with Gasteiger partial charge in [-0.3, -0.25) is 38.6 Å². The van der Waals surface area contributed by atoms with E-state index in [9.17, 15) is 43.5 Å². The number of nitrogens with two attached hydrogens (primary N) is 4. The monoisotopic (exact) mass is 1120 g/mol. The minimum atomic E-state index is -1.40. The number of aliphatic imine (C=N–C) groups is 1. The van der Waals surface area contributed by atoms with Crippen LogP contribution in [0, 0.1) is 5.92 Å². The second-order valence-electron chi connectivity index (χ2n) is 19.0. The van der Waals surface area contributed by atoms with Gasteiger partial charge in [-0.05, 0) is 67.8 Å². The lowest BCUT2D eigenvalue weighted by atomic mass is 10.0. The quantitative estimate of drug-likeness (QED) is 0.0105. The van der Waals surface area contributed by atoms with Crippen molar-refractivity contribution in [3.63, 3.8) is 0 Å². The largest absolute Gasteiger partial charge is 0.480 e. The van der Waals surface area contributed by atoms with Crippen LogP contribution in [0.25, 0.3) is 21.8 Å². The first-order valence-electron chi connectivity index (χ1n) is 25.5. The number of unbranched alkanes of at least 4 members (excludes halogenated alkanes) is 1. The minimum Gasteiger partial charge on any atom is -0.480 e. The number of thiol groups is 2. The van der Waals surface area contributed by atoms with Gasteiger partial charge in [0.25, 0.3) is 0 Å². The van der Waals surface area contributed by atoms with E-state index in [-0.39, 0.29) is 69.1 Å². The van der Waals surface area contributed by atoms with Crippen molar-refractivity contribution >= 4 is 100 Å². The highest BCUT2D eigenvalue weighted by Crippen LogP contribution is 2.21. The number of carboxylic acids is 1. The number of nitrogens with zero attached hydrogens (tertiary/aromatic N) is 2. The molecule has 7 amide bonds. The lowest BCUT2D eigenvalue weighted by Crippen LogP contribution is -2.61. The van der Waals surface area contributed by atoms with E-state index in [2.05, 4.69) is 87.4 Å². The normalized spacial score (nSPS) is 14.4. The lowest BCUT2D eigenvalue weighted by molar-refractivity contribution is -0.142. The predicted octanol–water partition coefficient (Wildman–Crippen LogP) is -1.10. The van der Waals surface area contributed by atoms with Crippen LogP contribution in [0.2, 0.25) is 0 Å². The summed E-state index contributed by atoms with van der Waals surface area (Å²) in [4.78, 5) is 128. The summed E-state index contributed by atoms with van der Waals surface area (Å²) in [5.41, 5.74) is 26.0. The molecule has 422 valence electrons. The van der Waals surface area contributed by atoms with Crippen molar-refractivity contribution in [2.24, 2.45) is 33.8 Å². The summed E-state index contributed by atoms with van der Waals surface area (Å²) in [6, 6.07) is 4.29. The number of fused-ring (bicyclic) bond motifs is 2. The van der Waals surface area contributed by atoms with E-state index < -0.39 is 102 Å². The van der Waals surface area contributed by atoms with Crippen molar-refractivity contribution < 1.29 is 43.5 Å². The maximum absolute atomic E-state index is 14.5. The van der Waals surface area contributed by atoms with E-state index in [0.29, 0.717) is 29.7 Å². The van der Waals surface area contributed by atoms with Crippen LogP contribution in [-0.4, -0.2) is 151 Å². The highest BCUT2D eigenvalue weighted by atomic mass is 32.1. The average molecular weight is 1120 g/mol. The highest BCUT2D eigenvalue weighted by Gasteiger charge is 2.35. The molecule has 3 aromatic heterocycles. The number of H-pyrrole nitrogens is 3. The van der Waals surface area contributed by atoms with E-state index in [1.807, 2.05) is 36.4 Å². The molecule has 19 N–H and O–H groups in total. The van der Waals surface area contributed by atoms with Crippen LogP contribution in [0.3, 0.4) is 0 Å². The number of para-hydroxylation sites is 2. The van der Waals surface area contributed by atoms with E-state index in [0.717, 1.165) is 21.8 Å². The number of nitrogens with one attached hydrogen (secondary N) is 10. The number of carbonyl (C=O) groups is 8. The summed E-state index contributed by atoms with van der Waals surface area (Å²) in [5, 5.41) is 30.5. The summed E-state index contributed by atoms with van der Waals surface area (Å²) < 4.78 is 0. The molecule has 0 saturated heterocycles. The zero-order chi connectivity index (χ0) is 56.9. The number of guanidine groups is 1. The number of benzene rings is 2. The van der Waals surface area contributed by atoms with Crippen molar-refractivity contribution in [2.45, 2.75) is 114 Å². The number of hydrogen-bond donors (Lipinski definition) is 17. The Morgan fingerprint density at radius 3 is 1.62 bits per heavy atom. The Labute approximate surface area is 461 Å². The van der Waals surface area contributed by atoms with Gasteiger partial charge in [-0.2, -0.15) is 25.3 Å². The molecule has 5 aromatic rings. The second kappa shape index (κ2) is 30.4. The fraction of sp³-hybridized carbons (Fsp3) is 0.451. The van der Waals surface area contributed by atoms with Crippen LogP contribution >= 0.6 is 25.3 Å². The lowest BCUT2D eigenvalue weighted by Gasteiger charge is -2.28. The Balaban J connectivity index is 1.35. The number of amides is 7. The molecule has 0 fully saturated rings. The fourth-order valence-corrected chi connectivity index (χ4v) is 8.93. The molecule has 8 atom stereocenters. The third-order valence-corrected chi connectivity index (χ3v) is 13.6. The molecule has 27 heteroatoms. The fourth-order valence-electron chi connectivity index (χ4n) is 8.51. The van der Waals surface area contributed by atoms with Crippen LogP contribution in [0.1, 0.15) is 62.8 Å². The molecule has 5 rings (SSSR count). The Morgan fingerprint density at radius 1 is 0.603 bits per heavy atom. The maximum Gasteiger partial charge on any atom is 0.326 e. The molecule has 0 radical (unpaired) electrons. The first-order chi connectivity index (χ1) is 37.3. The van der Waals surface area contributed by atoms with Gasteiger partial charge in [-0.1, -0.05) is 50.2 Å². The van der Waals surface area contributed by atoms with Crippen LogP contribution in [-0.2, 0) is 57.6 Å². The summed E-state index contributed by atoms with van der Waals surface area (Å²) in [5.74, 6) is -7.79. The number of imidazole rings is 1. The zero-order valence-electron chi connectivity index (χ0n) is 43.4. The van der Waals surface area contributed by atoms with Gasteiger partial charge in [0.05, 0.1) is 12.4 Å².